The van der Waals surface area contributed by atoms with Gasteiger partial charge >= 0.3 is 5.97 Å². The Morgan fingerprint density at radius 3 is 2.53 bits per heavy atom. The van der Waals surface area contributed by atoms with E-state index in [1.807, 2.05) is 11.4 Å². The number of nitrogens with zero attached hydrogens (tertiary/aromatic N) is 1. The van der Waals surface area contributed by atoms with Crippen LogP contribution in [0.4, 0.5) is 5.13 Å². The van der Waals surface area contributed by atoms with Crippen LogP contribution in [0.3, 0.4) is 0 Å². The Labute approximate surface area is 188 Å². The van der Waals surface area contributed by atoms with Gasteiger partial charge in [0.25, 0.3) is 5.91 Å². The van der Waals surface area contributed by atoms with Crippen LogP contribution in [-0.4, -0.2) is 23.5 Å². The minimum absolute atomic E-state index is 0.275. The van der Waals surface area contributed by atoms with Gasteiger partial charge in [0, 0.05) is 22.1 Å². The van der Waals surface area contributed by atoms with Crippen LogP contribution >= 0.6 is 34.5 Å². The Morgan fingerprint density at radius 1 is 1.13 bits per heavy atom. The van der Waals surface area contributed by atoms with Crippen LogP contribution in [0.15, 0.2) is 53.4 Å². The van der Waals surface area contributed by atoms with Crippen molar-refractivity contribution in [2.45, 2.75) is 13.8 Å². The van der Waals surface area contributed by atoms with Gasteiger partial charge in [-0.15, -0.1) is 11.3 Å². The zero-order chi connectivity index (χ0) is 21.7. The number of esters is 1. The molecule has 3 aromatic rings. The lowest BCUT2D eigenvalue weighted by atomic mass is 10.1. The summed E-state index contributed by atoms with van der Waals surface area (Å²) < 4.78 is 4.96. The molecule has 8 heteroatoms. The molecule has 2 aromatic carbocycles. The predicted octanol–water partition coefficient (Wildman–Crippen LogP) is 6.34. The molecule has 5 nitrogen and oxygen atoms in total. The van der Waals surface area contributed by atoms with Gasteiger partial charge < -0.3 is 4.74 Å². The molecule has 1 N–H and O–H groups in total. The fourth-order valence-corrected chi connectivity index (χ4v) is 3.59. The number of rotatable bonds is 6. The van der Waals surface area contributed by atoms with Crippen molar-refractivity contribution >= 4 is 57.6 Å². The number of benzene rings is 2. The molecule has 0 saturated carbocycles. The minimum Gasteiger partial charge on any atom is -0.463 e. The summed E-state index contributed by atoms with van der Waals surface area (Å²) in [4.78, 5) is 28.6. The number of hydrogen-bond acceptors (Lipinski definition) is 5. The number of amides is 1. The summed E-state index contributed by atoms with van der Waals surface area (Å²) in [6, 6.07) is 12.2. The van der Waals surface area contributed by atoms with Crippen LogP contribution in [0.1, 0.15) is 29.8 Å². The van der Waals surface area contributed by atoms with Crippen molar-refractivity contribution in [3.05, 3.63) is 74.6 Å². The maximum Gasteiger partial charge on any atom is 0.333 e. The van der Waals surface area contributed by atoms with E-state index < -0.39 is 0 Å². The second-order valence-electron chi connectivity index (χ2n) is 6.29. The Hall–Kier alpha value is -2.67. The third kappa shape index (κ3) is 5.48. The van der Waals surface area contributed by atoms with E-state index in [4.69, 9.17) is 27.9 Å². The lowest BCUT2D eigenvalue weighted by Gasteiger charge is -2.04. The van der Waals surface area contributed by atoms with E-state index in [-0.39, 0.29) is 11.9 Å². The highest BCUT2D eigenvalue weighted by Crippen LogP contribution is 2.30. The largest absolute Gasteiger partial charge is 0.463 e. The first kappa shape index (κ1) is 22.0. The van der Waals surface area contributed by atoms with Crippen molar-refractivity contribution in [3.63, 3.8) is 0 Å². The van der Waals surface area contributed by atoms with Gasteiger partial charge in [0.15, 0.2) is 5.13 Å². The highest BCUT2D eigenvalue weighted by atomic mass is 35.5. The molecular formula is C22H18Cl2N2O3S. The second-order valence-corrected chi connectivity index (χ2v) is 7.96. The summed E-state index contributed by atoms with van der Waals surface area (Å²) in [6.45, 7) is 3.77. The van der Waals surface area contributed by atoms with Crippen molar-refractivity contribution in [1.82, 2.24) is 4.98 Å². The van der Waals surface area contributed by atoms with Gasteiger partial charge in [0.1, 0.15) is 0 Å². The first-order chi connectivity index (χ1) is 14.4. The number of carbonyl (C=O) groups excluding carboxylic acids is 2. The molecule has 3 rings (SSSR count). The molecule has 0 aliphatic carbocycles. The van der Waals surface area contributed by atoms with Gasteiger partial charge in [-0.05, 0) is 49.8 Å². The third-order valence-corrected chi connectivity index (χ3v) is 5.59. The van der Waals surface area contributed by atoms with E-state index in [1.54, 1.807) is 56.3 Å². The van der Waals surface area contributed by atoms with Gasteiger partial charge in [-0.25, -0.2) is 9.78 Å². The van der Waals surface area contributed by atoms with E-state index in [2.05, 4.69) is 10.3 Å². The monoisotopic (exact) mass is 460 g/mol. The summed E-state index contributed by atoms with van der Waals surface area (Å²) in [6.07, 6.45) is 1.71. The second kappa shape index (κ2) is 9.89. The van der Waals surface area contributed by atoms with Crippen LogP contribution in [-0.2, 0) is 9.53 Å². The number of hydrogen-bond donors (Lipinski definition) is 1. The highest BCUT2D eigenvalue weighted by Gasteiger charge is 2.11. The number of nitrogens with one attached hydrogen (secondary N) is 1. The Bertz CT molecular complexity index is 1110. The first-order valence-electron chi connectivity index (χ1n) is 9.05. The third-order valence-electron chi connectivity index (χ3n) is 4.09. The lowest BCUT2D eigenvalue weighted by molar-refractivity contribution is -0.138. The smallest absolute Gasteiger partial charge is 0.333 e. The SMILES string of the molecule is CCOC(=O)/C(C)=C/c1ccc(C(=O)Nc2nc(-c3ccc(Cl)c(Cl)c3)cs2)cc1. The quantitative estimate of drug-likeness (QED) is 0.344. The fraction of sp³-hybridized carbons (Fsp3) is 0.136. The topological polar surface area (TPSA) is 68.3 Å². The average molecular weight is 461 g/mol. The molecule has 1 heterocycles. The number of halogens is 2. The van der Waals surface area contributed by atoms with Crippen LogP contribution in [0, 0.1) is 0 Å². The molecule has 0 radical (unpaired) electrons. The maximum atomic E-state index is 12.5. The summed E-state index contributed by atoms with van der Waals surface area (Å²) >= 11 is 13.3. The van der Waals surface area contributed by atoms with Crippen molar-refractivity contribution in [2.75, 3.05) is 11.9 Å². The Kier molecular flexibility index (Phi) is 7.26. The average Bonchev–Trinajstić information content (AvgIpc) is 3.19. The zero-order valence-corrected chi connectivity index (χ0v) is 18.6. The summed E-state index contributed by atoms with van der Waals surface area (Å²) in [5, 5.41) is 6.02. The Morgan fingerprint density at radius 2 is 1.87 bits per heavy atom. The van der Waals surface area contributed by atoms with Gasteiger partial charge in [0.2, 0.25) is 0 Å². The number of ether oxygens (including phenoxy) is 1. The molecule has 154 valence electrons. The normalized spacial score (nSPS) is 11.3. The van der Waals surface area contributed by atoms with E-state index in [0.29, 0.717) is 38.6 Å². The number of carbonyl (C=O) groups is 2. The molecule has 0 saturated heterocycles. The standard InChI is InChI=1S/C22H18Cl2N2O3S/c1-3-29-21(28)13(2)10-14-4-6-15(7-5-14)20(27)26-22-25-19(12-30-22)16-8-9-17(23)18(24)11-16/h4-12H,3H2,1-2H3,(H,25,26,27)/b13-10+. The van der Waals surface area contributed by atoms with Crippen LogP contribution < -0.4 is 5.32 Å². The maximum absolute atomic E-state index is 12.5. The molecule has 30 heavy (non-hydrogen) atoms. The fourth-order valence-electron chi connectivity index (χ4n) is 2.57. The molecule has 0 spiro atoms. The molecular weight excluding hydrogens is 443 g/mol. The number of anilines is 1. The summed E-state index contributed by atoms with van der Waals surface area (Å²) in [5.74, 6) is -0.636. The van der Waals surface area contributed by atoms with Gasteiger partial charge in [0.05, 0.1) is 22.3 Å². The molecule has 1 aromatic heterocycles. The molecule has 0 bridgehead atoms. The molecule has 0 fully saturated rings. The lowest BCUT2D eigenvalue weighted by Crippen LogP contribution is -2.11. The van der Waals surface area contributed by atoms with Crippen molar-refractivity contribution in [1.29, 1.82) is 0 Å². The van der Waals surface area contributed by atoms with E-state index >= 15 is 0 Å². The zero-order valence-electron chi connectivity index (χ0n) is 16.2. The van der Waals surface area contributed by atoms with Crippen molar-refractivity contribution < 1.29 is 14.3 Å². The van der Waals surface area contributed by atoms with Crippen molar-refractivity contribution in [3.8, 4) is 11.3 Å². The van der Waals surface area contributed by atoms with Crippen LogP contribution in [0.2, 0.25) is 10.0 Å². The van der Waals surface area contributed by atoms with Gasteiger partial charge in [-0.1, -0.05) is 41.4 Å². The molecule has 0 aliphatic rings. The molecule has 1 amide bonds. The van der Waals surface area contributed by atoms with Gasteiger partial charge in [-0.2, -0.15) is 0 Å². The molecule has 0 atom stereocenters. The van der Waals surface area contributed by atoms with Crippen LogP contribution in [0.25, 0.3) is 17.3 Å². The molecule has 0 unspecified atom stereocenters. The summed E-state index contributed by atoms with van der Waals surface area (Å²) in [5.41, 5.74) is 3.28. The first-order valence-corrected chi connectivity index (χ1v) is 10.7. The van der Waals surface area contributed by atoms with E-state index in [9.17, 15) is 9.59 Å². The summed E-state index contributed by atoms with van der Waals surface area (Å²) in [7, 11) is 0. The van der Waals surface area contributed by atoms with E-state index in [0.717, 1.165) is 11.1 Å². The van der Waals surface area contributed by atoms with Gasteiger partial charge in [-0.3, -0.25) is 10.1 Å². The van der Waals surface area contributed by atoms with Crippen molar-refractivity contribution in [2.24, 2.45) is 0 Å². The van der Waals surface area contributed by atoms with E-state index in [1.165, 1.54) is 11.3 Å². The predicted molar refractivity (Wildman–Crippen MR) is 122 cm³/mol. The highest BCUT2D eigenvalue weighted by molar-refractivity contribution is 7.14. The Balaban J connectivity index is 1.68. The number of thiazole rings is 1. The van der Waals surface area contributed by atoms with Crippen LogP contribution in [0.5, 0.6) is 0 Å². The number of aromatic nitrogens is 1. The minimum atomic E-state index is -0.360. The molecule has 0 aliphatic heterocycles.